The lowest BCUT2D eigenvalue weighted by Crippen LogP contribution is -2.39. The molecule has 0 saturated heterocycles. The second-order valence-corrected chi connectivity index (χ2v) is 7.27. The van der Waals surface area contributed by atoms with Crippen molar-refractivity contribution in [1.82, 2.24) is 0 Å². The molecule has 0 radical (unpaired) electrons. The van der Waals surface area contributed by atoms with Crippen LogP contribution in [0.4, 0.5) is 0 Å². The van der Waals surface area contributed by atoms with E-state index in [0.29, 0.717) is 11.7 Å². The van der Waals surface area contributed by atoms with Crippen LogP contribution in [0.2, 0.25) is 0 Å². The molecule has 1 aliphatic rings. The van der Waals surface area contributed by atoms with Crippen LogP contribution in [0.25, 0.3) is 0 Å². The third-order valence-electron chi connectivity index (χ3n) is 2.94. The molecule has 4 heteroatoms. The van der Waals surface area contributed by atoms with Crippen LogP contribution in [0, 0.1) is 0 Å². The quantitative estimate of drug-likeness (QED) is 0.864. The van der Waals surface area contributed by atoms with Crippen molar-refractivity contribution in [2.45, 2.75) is 55.4 Å². The highest BCUT2D eigenvalue weighted by atomic mass is 32.2. The van der Waals surface area contributed by atoms with E-state index in [1.807, 2.05) is 38.6 Å². The van der Waals surface area contributed by atoms with Gasteiger partial charge in [0.15, 0.2) is 0 Å². The minimum Gasteiger partial charge on any atom is -0.459 e. The number of thioether (sulfide) groups is 1. The van der Waals surface area contributed by atoms with Gasteiger partial charge in [0.05, 0.1) is 0 Å². The van der Waals surface area contributed by atoms with E-state index in [9.17, 15) is 4.79 Å². The van der Waals surface area contributed by atoms with E-state index in [1.165, 1.54) is 10.5 Å². The third kappa shape index (κ3) is 3.98. The molecular weight excluding hydrogens is 258 g/mol. The molecule has 1 aromatic rings. The standard InChI is InChI=1S/C15H21NO2S/c1-15(2,3)18-14(17)12(16)9-11-8-10-6-4-5-7-13(10)19-11/h4-7,11-12H,8-9,16H2,1-3H3. The molecule has 104 valence electrons. The summed E-state index contributed by atoms with van der Waals surface area (Å²) >= 11 is 1.81. The van der Waals surface area contributed by atoms with E-state index in [-0.39, 0.29) is 5.97 Å². The van der Waals surface area contributed by atoms with E-state index >= 15 is 0 Å². The molecule has 0 bridgehead atoms. The van der Waals surface area contributed by atoms with E-state index in [1.54, 1.807) is 0 Å². The van der Waals surface area contributed by atoms with Crippen molar-refractivity contribution < 1.29 is 9.53 Å². The minimum absolute atomic E-state index is 0.302. The molecule has 0 amide bonds. The fourth-order valence-corrected chi connectivity index (χ4v) is 3.53. The predicted molar refractivity (Wildman–Crippen MR) is 78.2 cm³/mol. The highest BCUT2D eigenvalue weighted by Gasteiger charge is 2.28. The summed E-state index contributed by atoms with van der Waals surface area (Å²) < 4.78 is 5.31. The van der Waals surface area contributed by atoms with Gasteiger partial charge in [-0.3, -0.25) is 4.79 Å². The van der Waals surface area contributed by atoms with E-state index < -0.39 is 11.6 Å². The minimum atomic E-state index is -0.536. The molecular formula is C15H21NO2S. The lowest BCUT2D eigenvalue weighted by atomic mass is 10.0. The zero-order valence-electron chi connectivity index (χ0n) is 11.7. The number of ether oxygens (including phenoxy) is 1. The first-order valence-corrected chi connectivity index (χ1v) is 7.46. The Morgan fingerprint density at radius 3 is 2.79 bits per heavy atom. The number of esters is 1. The van der Waals surface area contributed by atoms with Gasteiger partial charge < -0.3 is 10.5 Å². The predicted octanol–water partition coefficient (Wildman–Crippen LogP) is 2.76. The highest BCUT2D eigenvalue weighted by Crippen LogP contribution is 2.38. The average Bonchev–Trinajstić information content (AvgIpc) is 2.68. The fraction of sp³-hybridized carbons (Fsp3) is 0.533. The molecule has 2 unspecified atom stereocenters. The van der Waals surface area contributed by atoms with Gasteiger partial charge in [0.25, 0.3) is 0 Å². The molecule has 0 aliphatic carbocycles. The summed E-state index contributed by atoms with van der Waals surface area (Å²) in [5.74, 6) is -0.302. The molecule has 0 saturated carbocycles. The molecule has 1 aliphatic heterocycles. The van der Waals surface area contributed by atoms with Crippen molar-refractivity contribution in [2.75, 3.05) is 0 Å². The second-order valence-electron chi connectivity index (χ2n) is 5.93. The van der Waals surface area contributed by atoms with Crippen molar-refractivity contribution in [3.05, 3.63) is 29.8 Å². The fourth-order valence-electron chi connectivity index (χ4n) is 2.14. The third-order valence-corrected chi connectivity index (χ3v) is 4.28. The molecule has 2 rings (SSSR count). The molecule has 2 N–H and O–H groups in total. The number of rotatable bonds is 3. The van der Waals surface area contributed by atoms with Gasteiger partial charge in [-0.15, -0.1) is 11.8 Å². The van der Waals surface area contributed by atoms with Crippen LogP contribution in [0.15, 0.2) is 29.2 Å². The maximum absolute atomic E-state index is 11.9. The Morgan fingerprint density at radius 2 is 2.16 bits per heavy atom. The number of hydrogen-bond acceptors (Lipinski definition) is 4. The molecule has 19 heavy (non-hydrogen) atoms. The van der Waals surface area contributed by atoms with Gasteiger partial charge in [0.2, 0.25) is 0 Å². The van der Waals surface area contributed by atoms with Crippen molar-refractivity contribution in [2.24, 2.45) is 5.73 Å². The first-order chi connectivity index (χ1) is 8.85. The number of nitrogens with two attached hydrogens (primary N) is 1. The Kier molecular flexibility index (Phi) is 4.21. The maximum atomic E-state index is 11.9. The lowest BCUT2D eigenvalue weighted by Gasteiger charge is -2.23. The Balaban J connectivity index is 1.88. The van der Waals surface area contributed by atoms with Crippen LogP contribution in [0.5, 0.6) is 0 Å². The Hall–Kier alpha value is -1.00. The first-order valence-electron chi connectivity index (χ1n) is 6.58. The monoisotopic (exact) mass is 279 g/mol. The van der Waals surface area contributed by atoms with Crippen molar-refractivity contribution in [3.63, 3.8) is 0 Å². The Morgan fingerprint density at radius 1 is 1.47 bits per heavy atom. The molecule has 0 spiro atoms. The van der Waals surface area contributed by atoms with Gasteiger partial charge in [-0.1, -0.05) is 18.2 Å². The van der Waals surface area contributed by atoms with Crippen LogP contribution in [0.1, 0.15) is 32.8 Å². The zero-order chi connectivity index (χ0) is 14.0. The van der Waals surface area contributed by atoms with Gasteiger partial charge in [0, 0.05) is 10.1 Å². The van der Waals surface area contributed by atoms with Gasteiger partial charge in [-0.25, -0.2) is 0 Å². The number of carbonyl (C=O) groups is 1. The molecule has 3 nitrogen and oxygen atoms in total. The van der Waals surface area contributed by atoms with Crippen LogP contribution < -0.4 is 5.73 Å². The topological polar surface area (TPSA) is 52.3 Å². The number of benzene rings is 1. The van der Waals surface area contributed by atoms with Crippen LogP contribution in [-0.2, 0) is 16.0 Å². The van der Waals surface area contributed by atoms with Gasteiger partial charge in [-0.05, 0) is 45.2 Å². The van der Waals surface area contributed by atoms with E-state index in [2.05, 4.69) is 18.2 Å². The summed E-state index contributed by atoms with van der Waals surface area (Å²) in [6, 6.07) is 7.82. The largest absolute Gasteiger partial charge is 0.459 e. The summed E-state index contributed by atoms with van der Waals surface area (Å²) in [5, 5.41) is 0.375. The molecule has 1 heterocycles. The Labute approximate surface area is 118 Å². The summed E-state index contributed by atoms with van der Waals surface area (Å²) in [7, 11) is 0. The van der Waals surface area contributed by atoms with Crippen molar-refractivity contribution in [1.29, 1.82) is 0 Å². The maximum Gasteiger partial charge on any atom is 0.323 e. The number of carbonyl (C=O) groups excluding carboxylic acids is 1. The normalized spacial score (nSPS) is 19.9. The zero-order valence-corrected chi connectivity index (χ0v) is 12.5. The van der Waals surface area contributed by atoms with Crippen LogP contribution >= 0.6 is 11.8 Å². The molecule has 0 fully saturated rings. The van der Waals surface area contributed by atoms with Crippen molar-refractivity contribution >= 4 is 17.7 Å². The first kappa shape index (κ1) is 14.4. The van der Waals surface area contributed by atoms with E-state index in [4.69, 9.17) is 10.5 Å². The lowest BCUT2D eigenvalue weighted by molar-refractivity contribution is -0.156. The van der Waals surface area contributed by atoms with Gasteiger partial charge >= 0.3 is 5.97 Å². The molecule has 1 aromatic carbocycles. The second kappa shape index (κ2) is 5.55. The summed E-state index contributed by atoms with van der Waals surface area (Å²) in [6.07, 6.45) is 1.64. The van der Waals surface area contributed by atoms with Gasteiger partial charge in [0.1, 0.15) is 11.6 Å². The van der Waals surface area contributed by atoms with Gasteiger partial charge in [-0.2, -0.15) is 0 Å². The summed E-state index contributed by atoms with van der Waals surface area (Å²) in [6.45, 7) is 5.58. The molecule has 0 aromatic heterocycles. The van der Waals surface area contributed by atoms with Crippen molar-refractivity contribution in [3.8, 4) is 0 Å². The highest BCUT2D eigenvalue weighted by molar-refractivity contribution is 8.00. The SMILES string of the molecule is CC(C)(C)OC(=O)C(N)CC1Cc2ccccc2S1. The Bertz CT molecular complexity index is 442. The average molecular weight is 279 g/mol. The molecule has 2 atom stereocenters. The number of fused-ring (bicyclic) bond motifs is 1. The van der Waals surface area contributed by atoms with Crippen LogP contribution in [0.3, 0.4) is 0 Å². The summed E-state index contributed by atoms with van der Waals surface area (Å²) in [5.41, 5.74) is 6.83. The number of hydrogen-bond donors (Lipinski definition) is 1. The van der Waals surface area contributed by atoms with E-state index in [0.717, 1.165) is 6.42 Å². The summed E-state index contributed by atoms with van der Waals surface area (Å²) in [4.78, 5) is 13.2. The van der Waals surface area contributed by atoms with Crippen LogP contribution in [-0.4, -0.2) is 22.9 Å². The smallest absolute Gasteiger partial charge is 0.323 e.